The molecule has 2 rings (SSSR count). The van der Waals surface area contributed by atoms with E-state index in [-0.39, 0.29) is 5.92 Å². The summed E-state index contributed by atoms with van der Waals surface area (Å²) < 4.78 is 10.3. The van der Waals surface area contributed by atoms with Crippen molar-refractivity contribution in [2.75, 3.05) is 7.11 Å². The van der Waals surface area contributed by atoms with Crippen molar-refractivity contribution in [3.05, 3.63) is 46.8 Å². The minimum Gasteiger partial charge on any atom is -0.497 e. The van der Waals surface area contributed by atoms with Crippen LogP contribution in [-0.2, 0) is 6.42 Å². The standard InChI is InChI=1S/C15H16N2O2/c1-10-15(11(2)19-17-10)13(9-16)7-12-5-4-6-14(8-12)18-3/h4-6,8,13H,7H2,1-3H3. The summed E-state index contributed by atoms with van der Waals surface area (Å²) in [5.41, 5.74) is 2.74. The Hall–Kier alpha value is -2.28. The van der Waals surface area contributed by atoms with Gasteiger partial charge in [-0.05, 0) is 38.0 Å². The molecule has 0 bridgehead atoms. The lowest BCUT2D eigenvalue weighted by atomic mass is 9.92. The Morgan fingerprint density at radius 2 is 2.21 bits per heavy atom. The number of aromatic nitrogens is 1. The average molecular weight is 256 g/mol. The Labute approximate surface area is 112 Å². The predicted molar refractivity (Wildman–Crippen MR) is 71.0 cm³/mol. The van der Waals surface area contributed by atoms with E-state index >= 15 is 0 Å². The van der Waals surface area contributed by atoms with Crippen LogP contribution in [0.25, 0.3) is 0 Å². The molecule has 1 heterocycles. The Bertz CT molecular complexity index is 591. The van der Waals surface area contributed by atoms with Gasteiger partial charge in [-0.1, -0.05) is 17.3 Å². The van der Waals surface area contributed by atoms with Crippen LogP contribution in [0, 0.1) is 25.2 Å². The Morgan fingerprint density at radius 3 is 2.79 bits per heavy atom. The van der Waals surface area contributed by atoms with Gasteiger partial charge in [-0.25, -0.2) is 0 Å². The summed E-state index contributed by atoms with van der Waals surface area (Å²) in [4.78, 5) is 0. The first-order valence-electron chi connectivity index (χ1n) is 6.11. The van der Waals surface area contributed by atoms with Crippen LogP contribution in [0.3, 0.4) is 0 Å². The fraction of sp³-hybridized carbons (Fsp3) is 0.333. The molecule has 0 spiro atoms. The van der Waals surface area contributed by atoms with Crippen molar-refractivity contribution in [3.8, 4) is 11.8 Å². The molecule has 2 aromatic rings. The molecule has 1 aromatic carbocycles. The van der Waals surface area contributed by atoms with Crippen molar-refractivity contribution >= 4 is 0 Å². The lowest BCUT2D eigenvalue weighted by molar-refractivity contribution is 0.392. The summed E-state index contributed by atoms with van der Waals surface area (Å²) in [6.07, 6.45) is 0.622. The largest absolute Gasteiger partial charge is 0.497 e. The third-order valence-electron chi connectivity index (χ3n) is 3.17. The van der Waals surface area contributed by atoms with Crippen molar-refractivity contribution in [2.24, 2.45) is 0 Å². The van der Waals surface area contributed by atoms with Gasteiger partial charge in [-0.3, -0.25) is 0 Å². The zero-order valence-corrected chi connectivity index (χ0v) is 11.3. The van der Waals surface area contributed by atoms with Gasteiger partial charge in [-0.2, -0.15) is 5.26 Å². The monoisotopic (exact) mass is 256 g/mol. The quantitative estimate of drug-likeness (QED) is 0.843. The normalized spacial score (nSPS) is 11.9. The fourth-order valence-electron chi connectivity index (χ4n) is 2.23. The van der Waals surface area contributed by atoms with Crippen LogP contribution in [0.1, 0.15) is 28.5 Å². The van der Waals surface area contributed by atoms with E-state index in [0.717, 1.165) is 22.6 Å². The van der Waals surface area contributed by atoms with Crippen LogP contribution in [0.2, 0.25) is 0 Å². The molecule has 4 nitrogen and oxygen atoms in total. The molecule has 0 N–H and O–H groups in total. The number of nitrogens with zero attached hydrogens (tertiary/aromatic N) is 2. The van der Waals surface area contributed by atoms with Gasteiger partial charge in [-0.15, -0.1) is 0 Å². The fourth-order valence-corrected chi connectivity index (χ4v) is 2.23. The van der Waals surface area contributed by atoms with Crippen LogP contribution in [0.15, 0.2) is 28.8 Å². The topological polar surface area (TPSA) is 59.0 Å². The molecule has 98 valence electrons. The summed E-state index contributed by atoms with van der Waals surface area (Å²) in [5, 5.41) is 13.3. The zero-order chi connectivity index (χ0) is 13.8. The number of rotatable bonds is 4. The molecule has 0 aliphatic rings. The number of ether oxygens (including phenoxy) is 1. The molecule has 0 saturated heterocycles. The van der Waals surface area contributed by atoms with Crippen molar-refractivity contribution < 1.29 is 9.26 Å². The summed E-state index contributed by atoms with van der Waals surface area (Å²) in [6.45, 7) is 3.70. The molecule has 4 heteroatoms. The van der Waals surface area contributed by atoms with Crippen LogP contribution >= 0.6 is 0 Å². The van der Waals surface area contributed by atoms with Gasteiger partial charge in [0.1, 0.15) is 11.5 Å². The minimum atomic E-state index is -0.252. The molecule has 0 amide bonds. The average Bonchev–Trinajstić information content (AvgIpc) is 2.76. The maximum atomic E-state index is 9.38. The molecular weight excluding hydrogens is 240 g/mol. The van der Waals surface area contributed by atoms with Gasteiger partial charge in [0.05, 0.1) is 24.8 Å². The molecule has 0 aliphatic carbocycles. The van der Waals surface area contributed by atoms with E-state index in [9.17, 15) is 5.26 Å². The van der Waals surface area contributed by atoms with E-state index in [4.69, 9.17) is 9.26 Å². The van der Waals surface area contributed by atoms with Gasteiger partial charge in [0.2, 0.25) is 0 Å². The van der Waals surface area contributed by atoms with Crippen molar-refractivity contribution in [1.82, 2.24) is 5.16 Å². The number of aryl methyl sites for hydroxylation is 2. The summed E-state index contributed by atoms with van der Waals surface area (Å²) in [6, 6.07) is 10.1. The van der Waals surface area contributed by atoms with E-state index in [1.54, 1.807) is 7.11 Å². The second-order valence-corrected chi connectivity index (χ2v) is 4.48. The van der Waals surface area contributed by atoms with Crippen molar-refractivity contribution in [1.29, 1.82) is 5.26 Å². The molecule has 19 heavy (non-hydrogen) atoms. The molecule has 1 atom stereocenters. The van der Waals surface area contributed by atoms with E-state index in [2.05, 4.69) is 11.2 Å². The number of methoxy groups -OCH3 is 1. The van der Waals surface area contributed by atoms with Crippen LogP contribution in [0.5, 0.6) is 5.75 Å². The van der Waals surface area contributed by atoms with Crippen molar-refractivity contribution in [3.63, 3.8) is 0 Å². The first kappa shape index (κ1) is 13.2. The highest BCUT2D eigenvalue weighted by Gasteiger charge is 2.20. The summed E-state index contributed by atoms with van der Waals surface area (Å²) in [5.74, 6) is 1.26. The zero-order valence-electron chi connectivity index (χ0n) is 11.3. The van der Waals surface area contributed by atoms with Gasteiger partial charge < -0.3 is 9.26 Å². The second kappa shape index (κ2) is 5.57. The summed E-state index contributed by atoms with van der Waals surface area (Å²) >= 11 is 0. The van der Waals surface area contributed by atoms with E-state index < -0.39 is 0 Å². The van der Waals surface area contributed by atoms with E-state index in [1.165, 1.54) is 0 Å². The minimum absolute atomic E-state index is 0.252. The van der Waals surface area contributed by atoms with Crippen molar-refractivity contribution in [2.45, 2.75) is 26.2 Å². The Morgan fingerprint density at radius 1 is 1.42 bits per heavy atom. The van der Waals surface area contributed by atoms with Gasteiger partial charge >= 0.3 is 0 Å². The van der Waals surface area contributed by atoms with Crippen LogP contribution in [0.4, 0.5) is 0 Å². The van der Waals surface area contributed by atoms with Gasteiger partial charge in [0, 0.05) is 5.56 Å². The maximum Gasteiger partial charge on any atom is 0.138 e. The predicted octanol–water partition coefficient (Wildman–Crippen LogP) is 3.15. The van der Waals surface area contributed by atoms with E-state index in [0.29, 0.717) is 12.2 Å². The lowest BCUT2D eigenvalue weighted by Gasteiger charge is -2.10. The number of benzene rings is 1. The number of hydrogen-bond acceptors (Lipinski definition) is 4. The lowest BCUT2D eigenvalue weighted by Crippen LogP contribution is -2.03. The number of hydrogen-bond donors (Lipinski definition) is 0. The third kappa shape index (κ3) is 2.76. The van der Waals surface area contributed by atoms with Crippen LogP contribution < -0.4 is 4.74 Å². The molecular formula is C15H16N2O2. The molecule has 1 aromatic heterocycles. The Kier molecular flexibility index (Phi) is 3.86. The highest BCUT2D eigenvalue weighted by Crippen LogP contribution is 2.27. The molecule has 0 radical (unpaired) electrons. The smallest absolute Gasteiger partial charge is 0.138 e. The highest BCUT2D eigenvalue weighted by molar-refractivity contribution is 5.35. The second-order valence-electron chi connectivity index (χ2n) is 4.48. The molecule has 1 unspecified atom stereocenters. The number of nitriles is 1. The first-order chi connectivity index (χ1) is 9.15. The third-order valence-corrected chi connectivity index (χ3v) is 3.17. The van der Waals surface area contributed by atoms with Gasteiger partial charge in [0.25, 0.3) is 0 Å². The molecule has 0 fully saturated rings. The SMILES string of the molecule is COc1cccc(CC(C#N)c2c(C)noc2C)c1. The maximum absolute atomic E-state index is 9.38. The Balaban J connectivity index is 2.27. The first-order valence-corrected chi connectivity index (χ1v) is 6.11. The summed E-state index contributed by atoms with van der Waals surface area (Å²) in [7, 11) is 1.63. The van der Waals surface area contributed by atoms with Crippen LogP contribution in [-0.4, -0.2) is 12.3 Å². The van der Waals surface area contributed by atoms with E-state index in [1.807, 2.05) is 38.1 Å². The highest BCUT2D eigenvalue weighted by atomic mass is 16.5. The van der Waals surface area contributed by atoms with Gasteiger partial charge in [0.15, 0.2) is 0 Å². The molecule has 0 aliphatic heterocycles. The molecule has 0 saturated carbocycles.